The van der Waals surface area contributed by atoms with Crippen molar-refractivity contribution >= 4 is 11.8 Å². The van der Waals surface area contributed by atoms with E-state index in [1.165, 1.54) is 13.2 Å². The van der Waals surface area contributed by atoms with Gasteiger partial charge in [-0.3, -0.25) is 9.59 Å². The summed E-state index contributed by atoms with van der Waals surface area (Å²) < 4.78 is 16.5. The highest BCUT2D eigenvalue weighted by Crippen LogP contribution is 2.30. The van der Waals surface area contributed by atoms with Gasteiger partial charge < -0.3 is 28.9 Å². The lowest BCUT2D eigenvalue weighted by Crippen LogP contribution is -2.50. The minimum Gasteiger partial charge on any atom is -0.507 e. The second-order valence-corrected chi connectivity index (χ2v) is 8.06. The van der Waals surface area contributed by atoms with Crippen molar-refractivity contribution in [3.8, 4) is 17.2 Å². The minimum atomic E-state index is -0.244. The number of aryl methyl sites for hydroxylation is 2. The number of nitrogens with zero attached hydrogens (tertiary/aromatic N) is 3. The highest BCUT2D eigenvalue weighted by molar-refractivity contribution is 5.97. The highest BCUT2D eigenvalue weighted by Gasteiger charge is 2.27. The molecule has 2 amide bonds. The zero-order chi connectivity index (χ0) is 24.2. The molecule has 1 aliphatic rings. The molecular formula is C25H27N3O6. The number of benzene rings is 2. The molecule has 2 aromatic carbocycles. The second kappa shape index (κ2) is 9.86. The third-order valence-corrected chi connectivity index (χ3v) is 5.95. The fraction of sp³-hybridized carbons (Fsp3) is 0.320. The molecule has 34 heavy (non-hydrogen) atoms. The zero-order valence-corrected chi connectivity index (χ0v) is 19.4. The molecule has 0 radical (unpaired) electrons. The average molecular weight is 466 g/mol. The molecule has 1 aromatic heterocycles. The van der Waals surface area contributed by atoms with Gasteiger partial charge >= 0.3 is 0 Å². The van der Waals surface area contributed by atoms with Crippen molar-refractivity contribution in [2.24, 2.45) is 0 Å². The molecule has 2 heterocycles. The molecule has 0 unspecified atom stereocenters. The Balaban J connectivity index is 1.39. The van der Waals surface area contributed by atoms with Crippen molar-refractivity contribution < 1.29 is 28.7 Å². The number of aromatic nitrogens is 1. The summed E-state index contributed by atoms with van der Waals surface area (Å²) in [4.78, 5) is 29.1. The van der Waals surface area contributed by atoms with Crippen LogP contribution in [0.2, 0.25) is 0 Å². The van der Waals surface area contributed by atoms with Crippen molar-refractivity contribution in [2.75, 3.05) is 33.3 Å². The van der Waals surface area contributed by atoms with Crippen LogP contribution >= 0.6 is 0 Å². The van der Waals surface area contributed by atoms with Crippen molar-refractivity contribution in [3.05, 3.63) is 70.6 Å². The molecule has 1 fully saturated rings. The Morgan fingerprint density at radius 1 is 1.00 bits per heavy atom. The SMILES string of the molecule is COc1cc(C(=O)N2CCN(C(=O)c3ccccc3O)CC2)ccc1OCc1c(C)noc1C. The van der Waals surface area contributed by atoms with E-state index in [1.54, 1.807) is 46.2 Å². The summed E-state index contributed by atoms with van der Waals surface area (Å²) in [7, 11) is 1.52. The fourth-order valence-electron chi connectivity index (χ4n) is 3.90. The first-order valence-electron chi connectivity index (χ1n) is 11.0. The maximum atomic E-state index is 13.1. The van der Waals surface area contributed by atoms with Gasteiger partial charge in [-0.2, -0.15) is 0 Å². The van der Waals surface area contributed by atoms with Crippen LogP contribution in [0.4, 0.5) is 0 Å². The van der Waals surface area contributed by atoms with E-state index in [1.807, 2.05) is 13.8 Å². The number of hydrogen-bond donors (Lipinski definition) is 1. The van der Waals surface area contributed by atoms with E-state index in [0.29, 0.717) is 49.0 Å². The summed E-state index contributed by atoms with van der Waals surface area (Å²) in [6.07, 6.45) is 0. The molecular weight excluding hydrogens is 438 g/mol. The summed E-state index contributed by atoms with van der Waals surface area (Å²) in [5.74, 6) is 1.22. The molecule has 0 aliphatic carbocycles. The third kappa shape index (κ3) is 4.68. The lowest BCUT2D eigenvalue weighted by atomic mass is 10.1. The van der Waals surface area contributed by atoms with Crippen molar-refractivity contribution in [2.45, 2.75) is 20.5 Å². The first kappa shape index (κ1) is 23.2. The Morgan fingerprint density at radius 2 is 1.68 bits per heavy atom. The van der Waals surface area contributed by atoms with Crippen molar-refractivity contribution in [3.63, 3.8) is 0 Å². The summed E-state index contributed by atoms with van der Waals surface area (Å²) in [5, 5.41) is 13.9. The van der Waals surface area contributed by atoms with Crippen LogP contribution < -0.4 is 9.47 Å². The number of aromatic hydroxyl groups is 1. The number of hydrogen-bond acceptors (Lipinski definition) is 7. The van der Waals surface area contributed by atoms with Crippen LogP contribution in [-0.4, -0.2) is 65.2 Å². The van der Waals surface area contributed by atoms with Crippen molar-refractivity contribution in [1.29, 1.82) is 0 Å². The van der Waals surface area contributed by atoms with Gasteiger partial charge in [0.05, 0.1) is 23.9 Å². The Bertz CT molecular complexity index is 1180. The van der Waals surface area contributed by atoms with Crippen LogP contribution in [0.3, 0.4) is 0 Å². The molecule has 0 spiro atoms. The van der Waals surface area contributed by atoms with E-state index >= 15 is 0 Å². The summed E-state index contributed by atoms with van der Waals surface area (Å²) in [5.41, 5.74) is 2.38. The number of rotatable bonds is 6. The molecule has 0 saturated carbocycles. The van der Waals surface area contributed by atoms with Crippen LogP contribution in [-0.2, 0) is 6.61 Å². The topological polar surface area (TPSA) is 105 Å². The Hall–Kier alpha value is -4.01. The van der Waals surface area contributed by atoms with Crippen LogP contribution in [0.1, 0.15) is 37.7 Å². The number of methoxy groups -OCH3 is 1. The summed E-state index contributed by atoms with van der Waals surface area (Å²) >= 11 is 0. The van der Waals surface area contributed by atoms with Gasteiger partial charge in [0.25, 0.3) is 11.8 Å². The predicted molar refractivity (Wildman–Crippen MR) is 123 cm³/mol. The van der Waals surface area contributed by atoms with Crippen LogP contribution in [0.25, 0.3) is 0 Å². The molecule has 1 saturated heterocycles. The Labute approximate surface area is 197 Å². The minimum absolute atomic E-state index is 0.0465. The molecule has 1 N–H and O–H groups in total. The number of phenolic OH excluding ortho intramolecular Hbond substituents is 1. The molecule has 0 bridgehead atoms. The van der Waals surface area contributed by atoms with Crippen molar-refractivity contribution in [1.82, 2.24) is 15.0 Å². The quantitative estimate of drug-likeness (QED) is 0.596. The van der Waals surface area contributed by atoms with E-state index in [4.69, 9.17) is 14.0 Å². The largest absolute Gasteiger partial charge is 0.507 e. The fourth-order valence-corrected chi connectivity index (χ4v) is 3.90. The van der Waals surface area contributed by atoms with Crippen LogP contribution in [0.5, 0.6) is 17.2 Å². The van der Waals surface area contributed by atoms with Gasteiger partial charge in [0.15, 0.2) is 11.5 Å². The van der Waals surface area contributed by atoms with E-state index in [2.05, 4.69) is 5.16 Å². The molecule has 1 aliphatic heterocycles. The van der Waals surface area contributed by atoms with Gasteiger partial charge in [0.1, 0.15) is 18.1 Å². The lowest BCUT2D eigenvalue weighted by Gasteiger charge is -2.35. The van der Waals surface area contributed by atoms with E-state index in [9.17, 15) is 14.7 Å². The van der Waals surface area contributed by atoms with Gasteiger partial charge in [-0.05, 0) is 44.2 Å². The zero-order valence-electron chi connectivity index (χ0n) is 19.4. The molecule has 4 rings (SSSR count). The number of carbonyl (C=O) groups is 2. The molecule has 9 heteroatoms. The lowest BCUT2D eigenvalue weighted by molar-refractivity contribution is 0.0533. The van der Waals surface area contributed by atoms with Gasteiger partial charge in [0, 0.05) is 31.7 Å². The molecule has 178 valence electrons. The smallest absolute Gasteiger partial charge is 0.257 e. The van der Waals surface area contributed by atoms with Gasteiger partial charge in [-0.15, -0.1) is 0 Å². The maximum absolute atomic E-state index is 13.1. The first-order chi connectivity index (χ1) is 16.4. The number of para-hydroxylation sites is 1. The number of ether oxygens (including phenoxy) is 2. The predicted octanol–water partition coefficient (Wildman–Crippen LogP) is 3.18. The maximum Gasteiger partial charge on any atom is 0.257 e. The molecule has 9 nitrogen and oxygen atoms in total. The monoisotopic (exact) mass is 465 g/mol. The average Bonchev–Trinajstić information content (AvgIpc) is 3.19. The highest BCUT2D eigenvalue weighted by atomic mass is 16.5. The standard InChI is InChI=1S/C25H27N3O6/c1-16-20(17(2)34-26-16)15-33-22-9-8-18(14-23(22)32-3)24(30)27-10-12-28(13-11-27)25(31)19-6-4-5-7-21(19)29/h4-9,14,29H,10-13,15H2,1-3H3. The number of carbonyl (C=O) groups excluding carboxylic acids is 2. The molecule has 0 atom stereocenters. The number of amides is 2. The molecule has 3 aromatic rings. The second-order valence-electron chi connectivity index (χ2n) is 8.06. The Morgan fingerprint density at radius 3 is 2.29 bits per heavy atom. The van der Waals surface area contributed by atoms with Gasteiger partial charge in [0.2, 0.25) is 0 Å². The first-order valence-corrected chi connectivity index (χ1v) is 11.0. The van der Waals surface area contributed by atoms with Gasteiger partial charge in [-0.1, -0.05) is 17.3 Å². The Kier molecular flexibility index (Phi) is 6.72. The van der Waals surface area contributed by atoms with E-state index in [0.717, 1.165) is 11.3 Å². The number of piperazine rings is 1. The van der Waals surface area contributed by atoms with Crippen LogP contribution in [0.15, 0.2) is 47.0 Å². The summed E-state index contributed by atoms with van der Waals surface area (Å²) in [6.45, 7) is 5.51. The van der Waals surface area contributed by atoms with Crippen LogP contribution in [0, 0.1) is 13.8 Å². The normalized spacial score (nSPS) is 13.6. The third-order valence-electron chi connectivity index (χ3n) is 5.95. The summed E-state index contributed by atoms with van der Waals surface area (Å²) in [6, 6.07) is 11.5. The number of phenols is 1. The van der Waals surface area contributed by atoms with E-state index in [-0.39, 0.29) is 29.7 Å². The van der Waals surface area contributed by atoms with Gasteiger partial charge in [-0.25, -0.2) is 0 Å². The van der Waals surface area contributed by atoms with E-state index < -0.39 is 0 Å².